The molecule has 0 radical (unpaired) electrons. The van der Waals surface area contributed by atoms with Crippen molar-refractivity contribution < 1.29 is 9.59 Å². The van der Waals surface area contributed by atoms with Gasteiger partial charge in [-0.15, -0.1) is 11.6 Å². The molecule has 0 spiro atoms. The highest BCUT2D eigenvalue weighted by molar-refractivity contribution is 6.43. The zero-order chi connectivity index (χ0) is 8.69. The topological polar surface area (TPSA) is 34.1 Å². The molecule has 0 saturated carbocycles. The van der Waals surface area contributed by atoms with Crippen LogP contribution in [-0.2, 0) is 9.59 Å². The number of ketones is 1. The first-order valence-electron chi connectivity index (χ1n) is 3.85. The number of carbonyl (C=O) groups excluding carboxylic acids is 2. The standard InChI is InChI=1S/C8H13ClO2/c1-2-3-4-5-7(9)8(11)6-10/h6-7H,2-5H2,1H3. The Labute approximate surface area is 71.9 Å². The van der Waals surface area contributed by atoms with E-state index in [0.29, 0.717) is 12.7 Å². The van der Waals surface area contributed by atoms with Crippen LogP contribution in [0.2, 0.25) is 0 Å². The lowest BCUT2D eigenvalue weighted by Gasteiger charge is -2.01. The van der Waals surface area contributed by atoms with Gasteiger partial charge in [0.05, 0.1) is 5.38 Å². The van der Waals surface area contributed by atoms with Crippen molar-refractivity contribution in [1.29, 1.82) is 0 Å². The van der Waals surface area contributed by atoms with Crippen molar-refractivity contribution in [2.24, 2.45) is 0 Å². The first kappa shape index (κ1) is 10.6. The highest BCUT2D eigenvalue weighted by atomic mass is 35.5. The summed E-state index contributed by atoms with van der Waals surface area (Å²) in [5, 5.41) is -0.598. The maximum absolute atomic E-state index is 10.6. The first-order valence-corrected chi connectivity index (χ1v) is 4.29. The SMILES string of the molecule is CCCCCC(Cl)C(=O)C=O. The van der Waals surface area contributed by atoms with E-state index in [1.54, 1.807) is 0 Å². The van der Waals surface area contributed by atoms with Crippen LogP contribution in [0.15, 0.2) is 0 Å². The molecule has 0 heterocycles. The van der Waals surface area contributed by atoms with Crippen molar-refractivity contribution in [2.45, 2.75) is 38.0 Å². The van der Waals surface area contributed by atoms with Gasteiger partial charge < -0.3 is 0 Å². The summed E-state index contributed by atoms with van der Waals surface area (Å²) >= 11 is 5.59. The maximum Gasteiger partial charge on any atom is 0.212 e. The summed E-state index contributed by atoms with van der Waals surface area (Å²) in [6.45, 7) is 2.07. The number of halogens is 1. The van der Waals surface area contributed by atoms with Crippen LogP contribution in [0.5, 0.6) is 0 Å². The molecule has 2 nitrogen and oxygen atoms in total. The third-order valence-corrected chi connectivity index (χ3v) is 1.92. The van der Waals surface area contributed by atoms with Crippen molar-refractivity contribution in [3.8, 4) is 0 Å². The van der Waals surface area contributed by atoms with Crippen LogP contribution < -0.4 is 0 Å². The van der Waals surface area contributed by atoms with Crippen molar-refractivity contribution in [3.63, 3.8) is 0 Å². The van der Waals surface area contributed by atoms with E-state index in [-0.39, 0.29) is 0 Å². The molecule has 0 aromatic carbocycles. The summed E-state index contributed by atoms with van der Waals surface area (Å²) in [6, 6.07) is 0. The molecule has 0 saturated heterocycles. The Hall–Kier alpha value is -0.370. The summed E-state index contributed by atoms with van der Waals surface area (Å²) in [6.07, 6.45) is 4.00. The number of hydrogen-bond acceptors (Lipinski definition) is 2. The molecule has 0 bridgehead atoms. The molecular weight excluding hydrogens is 164 g/mol. The normalized spacial score (nSPS) is 12.5. The third kappa shape index (κ3) is 4.96. The second-order valence-electron chi connectivity index (χ2n) is 2.48. The average molecular weight is 177 g/mol. The van der Waals surface area contributed by atoms with E-state index in [2.05, 4.69) is 6.92 Å². The number of aldehydes is 1. The molecule has 0 aromatic rings. The lowest BCUT2D eigenvalue weighted by atomic mass is 10.1. The number of carbonyl (C=O) groups is 2. The predicted octanol–water partition coefficient (Wildman–Crippen LogP) is 1.94. The van der Waals surface area contributed by atoms with Gasteiger partial charge in [-0.05, 0) is 6.42 Å². The van der Waals surface area contributed by atoms with Crippen LogP contribution in [0, 0.1) is 0 Å². The van der Waals surface area contributed by atoms with E-state index in [1.165, 1.54) is 0 Å². The second-order valence-corrected chi connectivity index (χ2v) is 3.01. The molecule has 3 heteroatoms. The first-order chi connectivity index (χ1) is 5.22. The zero-order valence-electron chi connectivity index (χ0n) is 6.68. The molecule has 1 unspecified atom stereocenters. The summed E-state index contributed by atoms with van der Waals surface area (Å²) in [5.41, 5.74) is 0. The van der Waals surface area contributed by atoms with Crippen LogP contribution in [0.25, 0.3) is 0 Å². The number of Topliss-reactive ketones (excluding diaryl/α,β-unsaturated/α-hetero) is 1. The maximum atomic E-state index is 10.6. The fraction of sp³-hybridized carbons (Fsp3) is 0.750. The van der Waals surface area contributed by atoms with E-state index < -0.39 is 11.2 Å². The average Bonchev–Trinajstić information content (AvgIpc) is 2.03. The lowest BCUT2D eigenvalue weighted by Crippen LogP contribution is -2.14. The van der Waals surface area contributed by atoms with Gasteiger partial charge in [-0.2, -0.15) is 0 Å². The van der Waals surface area contributed by atoms with Crippen LogP contribution in [0.1, 0.15) is 32.6 Å². The van der Waals surface area contributed by atoms with E-state index in [1.807, 2.05) is 0 Å². The van der Waals surface area contributed by atoms with E-state index in [9.17, 15) is 9.59 Å². The summed E-state index contributed by atoms with van der Waals surface area (Å²) < 4.78 is 0. The van der Waals surface area contributed by atoms with Crippen molar-refractivity contribution in [1.82, 2.24) is 0 Å². The minimum atomic E-state index is -0.598. The monoisotopic (exact) mass is 176 g/mol. The van der Waals surface area contributed by atoms with Gasteiger partial charge in [-0.3, -0.25) is 9.59 Å². The Morgan fingerprint density at radius 1 is 1.55 bits per heavy atom. The summed E-state index contributed by atoms with van der Waals surface area (Å²) in [4.78, 5) is 20.6. The van der Waals surface area contributed by atoms with Crippen molar-refractivity contribution in [2.75, 3.05) is 0 Å². The highest BCUT2D eigenvalue weighted by Gasteiger charge is 2.12. The third-order valence-electron chi connectivity index (χ3n) is 1.49. The number of hydrogen-bond donors (Lipinski definition) is 0. The van der Waals surface area contributed by atoms with Gasteiger partial charge in [0.1, 0.15) is 0 Å². The van der Waals surface area contributed by atoms with Crippen molar-refractivity contribution in [3.05, 3.63) is 0 Å². The molecule has 0 N–H and O–H groups in total. The summed E-state index contributed by atoms with van der Waals surface area (Å²) in [5.74, 6) is -0.497. The van der Waals surface area contributed by atoms with E-state index >= 15 is 0 Å². The molecule has 11 heavy (non-hydrogen) atoms. The van der Waals surface area contributed by atoms with Crippen LogP contribution >= 0.6 is 11.6 Å². The number of alkyl halides is 1. The lowest BCUT2D eigenvalue weighted by molar-refractivity contribution is -0.129. The predicted molar refractivity (Wildman–Crippen MR) is 44.9 cm³/mol. The molecule has 1 atom stereocenters. The molecule has 0 aromatic heterocycles. The second kappa shape index (κ2) is 6.35. The van der Waals surface area contributed by atoms with Gasteiger partial charge in [0.25, 0.3) is 0 Å². The molecule has 0 rings (SSSR count). The molecule has 0 aliphatic carbocycles. The highest BCUT2D eigenvalue weighted by Crippen LogP contribution is 2.08. The number of unbranched alkanes of at least 4 members (excludes halogenated alkanes) is 2. The fourth-order valence-corrected chi connectivity index (χ4v) is 0.995. The Morgan fingerprint density at radius 3 is 2.64 bits per heavy atom. The van der Waals surface area contributed by atoms with Gasteiger partial charge in [-0.1, -0.05) is 26.2 Å². The van der Waals surface area contributed by atoms with Gasteiger partial charge in [0.2, 0.25) is 5.78 Å². The Morgan fingerprint density at radius 2 is 2.18 bits per heavy atom. The van der Waals surface area contributed by atoms with Crippen LogP contribution in [0.4, 0.5) is 0 Å². The zero-order valence-corrected chi connectivity index (χ0v) is 7.43. The van der Waals surface area contributed by atoms with E-state index in [4.69, 9.17) is 11.6 Å². The quantitative estimate of drug-likeness (QED) is 0.268. The fourth-order valence-electron chi connectivity index (χ4n) is 0.790. The van der Waals surface area contributed by atoms with Gasteiger partial charge in [-0.25, -0.2) is 0 Å². The smallest absolute Gasteiger partial charge is 0.212 e. The minimum Gasteiger partial charge on any atom is -0.295 e. The Bertz CT molecular complexity index is 134. The van der Waals surface area contributed by atoms with Crippen LogP contribution in [0.3, 0.4) is 0 Å². The van der Waals surface area contributed by atoms with Crippen molar-refractivity contribution >= 4 is 23.7 Å². The van der Waals surface area contributed by atoms with E-state index in [0.717, 1.165) is 19.3 Å². The Balaban J connectivity index is 3.43. The Kier molecular flexibility index (Phi) is 6.13. The largest absolute Gasteiger partial charge is 0.295 e. The molecule has 0 amide bonds. The molecule has 0 aliphatic rings. The number of rotatable bonds is 6. The van der Waals surface area contributed by atoms with Crippen LogP contribution in [-0.4, -0.2) is 17.4 Å². The molecule has 0 fully saturated rings. The summed E-state index contributed by atoms with van der Waals surface area (Å²) in [7, 11) is 0. The van der Waals surface area contributed by atoms with Gasteiger partial charge in [0.15, 0.2) is 6.29 Å². The minimum absolute atomic E-state index is 0.295. The van der Waals surface area contributed by atoms with Gasteiger partial charge in [0, 0.05) is 0 Å². The molecule has 64 valence electrons. The van der Waals surface area contributed by atoms with Gasteiger partial charge >= 0.3 is 0 Å². The molecule has 0 aliphatic heterocycles. The molecular formula is C8H13ClO2.